The van der Waals surface area contributed by atoms with Crippen LogP contribution in [0.2, 0.25) is 0 Å². The lowest BCUT2D eigenvalue weighted by atomic mass is 9.86. The fourth-order valence-electron chi connectivity index (χ4n) is 3.27. The van der Waals surface area contributed by atoms with E-state index in [1.54, 1.807) is 6.07 Å². The largest absolute Gasteiger partial charge is 0.472 e. The van der Waals surface area contributed by atoms with Gasteiger partial charge < -0.3 is 14.2 Å². The summed E-state index contributed by atoms with van der Waals surface area (Å²) in [6.45, 7) is 1.40. The minimum absolute atomic E-state index is 0.000531. The van der Waals surface area contributed by atoms with Crippen molar-refractivity contribution in [1.82, 2.24) is 9.80 Å². The maximum atomic E-state index is 12.4. The lowest BCUT2D eigenvalue weighted by Crippen LogP contribution is -2.56. The molecule has 2 saturated heterocycles. The Balaban J connectivity index is 1.79. The average Bonchev–Trinajstić information content (AvgIpc) is 3.04. The Labute approximate surface area is 112 Å². The van der Waals surface area contributed by atoms with Crippen LogP contribution in [-0.4, -0.2) is 47.3 Å². The number of piperidine rings is 1. The molecule has 0 N–H and O–H groups in total. The summed E-state index contributed by atoms with van der Waals surface area (Å²) in [5.74, 6) is 0.193. The van der Waals surface area contributed by atoms with Gasteiger partial charge in [-0.15, -0.1) is 0 Å². The molecule has 1 aromatic rings. The predicted octanol–water partition coefficient (Wildman–Crippen LogP) is 1.51. The molecule has 5 heteroatoms. The summed E-state index contributed by atoms with van der Waals surface area (Å²) in [6, 6.07) is 1.69. The van der Waals surface area contributed by atoms with E-state index in [1.807, 2.05) is 16.8 Å². The second-order valence-corrected chi connectivity index (χ2v) is 5.52. The molecule has 3 rings (SSSR count). The highest BCUT2D eigenvalue weighted by molar-refractivity contribution is 5.94. The zero-order valence-electron chi connectivity index (χ0n) is 11.1. The van der Waals surface area contributed by atoms with Crippen molar-refractivity contribution in [3.8, 4) is 0 Å². The third-order valence-electron chi connectivity index (χ3n) is 4.50. The number of rotatable bonds is 1. The fraction of sp³-hybridized carbons (Fsp3) is 0.571. The van der Waals surface area contributed by atoms with Gasteiger partial charge in [0.1, 0.15) is 6.26 Å². The Bertz CT molecular complexity index is 497. The van der Waals surface area contributed by atoms with Crippen molar-refractivity contribution in [2.75, 3.05) is 20.1 Å². The number of furan rings is 1. The first-order valence-electron chi connectivity index (χ1n) is 6.71. The number of carbonyl (C=O) groups excluding carboxylic acids is 2. The summed E-state index contributed by atoms with van der Waals surface area (Å²) in [5.41, 5.74) is 0.443. The van der Waals surface area contributed by atoms with E-state index in [0.717, 1.165) is 25.8 Å². The van der Waals surface area contributed by atoms with Crippen LogP contribution in [0.25, 0.3) is 0 Å². The molecule has 0 aromatic carbocycles. The highest BCUT2D eigenvalue weighted by atomic mass is 16.3. The lowest BCUT2D eigenvalue weighted by Gasteiger charge is -2.44. The average molecular weight is 262 g/mol. The van der Waals surface area contributed by atoms with Crippen LogP contribution >= 0.6 is 0 Å². The molecule has 2 amide bonds. The number of hydrogen-bond acceptors (Lipinski definition) is 3. The van der Waals surface area contributed by atoms with Crippen LogP contribution < -0.4 is 0 Å². The van der Waals surface area contributed by atoms with Crippen molar-refractivity contribution in [3.63, 3.8) is 0 Å². The van der Waals surface area contributed by atoms with Gasteiger partial charge in [0, 0.05) is 26.6 Å². The number of likely N-dealkylation sites (tertiary alicyclic amines) is 2. The van der Waals surface area contributed by atoms with Crippen LogP contribution in [0.15, 0.2) is 23.0 Å². The fourth-order valence-corrected chi connectivity index (χ4v) is 3.27. The topological polar surface area (TPSA) is 53.8 Å². The van der Waals surface area contributed by atoms with Crippen LogP contribution in [0.5, 0.6) is 0 Å². The van der Waals surface area contributed by atoms with E-state index in [1.165, 1.54) is 12.5 Å². The number of likely N-dealkylation sites (N-methyl/N-ethyl adjacent to an activating group) is 1. The SMILES string of the molecule is CN1C(=O)CC[C@@]12CCCN(C(=O)c1ccoc1)C2. The molecule has 0 aliphatic carbocycles. The smallest absolute Gasteiger partial charge is 0.257 e. The molecule has 2 fully saturated rings. The number of hydrogen-bond donors (Lipinski definition) is 0. The van der Waals surface area contributed by atoms with Crippen LogP contribution in [0.1, 0.15) is 36.0 Å². The molecule has 1 atom stereocenters. The minimum atomic E-state index is -0.144. The molecule has 0 bridgehead atoms. The monoisotopic (exact) mass is 262 g/mol. The highest BCUT2D eigenvalue weighted by Gasteiger charge is 2.46. The highest BCUT2D eigenvalue weighted by Crippen LogP contribution is 2.37. The molecule has 0 unspecified atom stereocenters. The summed E-state index contributed by atoms with van der Waals surface area (Å²) in [5, 5.41) is 0. The second kappa shape index (κ2) is 4.40. The first kappa shape index (κ1) is 12.3. The van der Waals surface area contributed by atoms with E-state index in [9.17, 15) is 9.59 Å². The number of carbonyl (C=O) groups is 2. The standard InChI is InChI=1S/C14H18N2O3/c1-15-12(17)3-6-14(15)5-2-7-16(10-14)13(18)11-4-8-19-9-11/h4,8-9H,2-3,5-7,10H2,1H3/t14-/m1/s1. The summed E-state index contributed by atoms with van der Waals surface area (Å²) in [6.07, 6.45) is 6.39. The van der Waals surface area contributed by atoms with E-state index in [2.05, 4.69) is 0 Å². The predicted molar refractivity (Wildman–Crippen MR) is 68.6 cm³/mol. The third-order valence-corrected chi connectivity index (χ3v) is 4.50. The molecule has 0 radical (unpaired) electrons. The van der Waals surface area contributed by atoms with Crippen molar-refractivity contribution in [2.45, 2.75) is 31.2 Å². The molecule has 1 spiro atoms. The zero-order valence-corrected chi connectivity index (χ0v) is 11.1. The Morgan fingerprint density at radius 3 is 2.89 bits per heavy atom. The molecule has 2 aliphatic rings. The van der Waals surface area contributed by atoms with Gasteiger partial charge in [-0.1, -0.05) is 0 Å². The lowest BCUT2D eigenvalue weighted by molar-refractivity contribution is -0.130. The van der Waals surface area contributed by atoms with Gasteiger partial charge in [0.2, 0.25) is 5.91 Å². The van der Waals surface area contributed by atoms with Crippen molar-refractivity contribution in [1.29, 1.82) is 0 Å². The van der Waals surface area contributed by atoms with Gasteiger partial charge in [-0.2, -0.15) is 0 Å². The van der Waals surface area contributed by atoms with Crippen LogP contribution in [-0.2, 0) is 4.79 Å². The van der Waals surface area contributed by atoms with Crippen LogP contribution in [0, 0.1) is 0 Å². The zero-order chi connectivity index (χ0) is 13.5. The third kappa shape index (κ3) is 1.93. The van der Waals surface area contributed by atoms with Crippen LogP contribution in [0.3, 0.4) is 0 Å². The van der Waals surface area contributed by atoms with Gasteiger partial charge in [-0.3, -0.25) is 9.59 Å². The van der Waals surface area contributed by atoms with E-state index >= 15 is 0 Å². The summed E-state index contributed by atoms with van der Waals surface area (Å²) in [4.78, 5) is 27.8. The van der Waals surface area contributed by atoms with Gasteiger partial charge in [-0.25, -0.2) is 0 Å². The van der Waals surface area contributed by atoms with Gasteiger partial charge in [-0.05, 0) is 25.3 Å². The number of nitrogens with zero attached hydrogens (tertiary/aromatic N) is 2. The maximum Gasteiger partial charge on any atom is 0.257 e. The molecule has 102 valence electrons. The quantitative estimate of drug-likeness (QED) is 0.770. The van der Waals surface area contributed by atoms with Gasteiger partial charge in [0.15, 0.2) is 0 Å². The van der Waals surface area contributed by atoms with Gasteiger partial charge in [0.05, 0.1) is 17.4 Å². The summed E-state index contributed by atoms with van der Waals surface area (Å²) in [7, 11) is 1.86. The maximum absolute atomic E-state index is 12.4. The molecule has 0 saturated carbocycles. The minimum Gasteiger partial charge on any atom is -0.472 e. The van der Waals surface area contributed by atoms with E-state index < -0.39 is 0 Å². The summed E-state index contributed by atoms with van der Waals surface area (Å²) < 4.78 is 4.97. The van der Waals surface area contributed by atoms with E-state index in [0.29, 0.717) is 18.5 Å². The first-order chi connectivity index (χ1) is 9.12. The Morgan fingerprint density at radius 2 is 2.26 bits per heavy atom. The molecule has 19 heavy (non-hydrogen) atoms. The first-order valence-corrected chi connectivity index (χ1v) is 6.71. The van der Waals surface area contributed by atoms with E-state index in [-0.39, 0.29) is 17.4 Å². The Kier molecular flexibility index (Phi) is 2.84. The normalized spacial score (nSPS) is 27.3. The molecule has 2 aliphatic heterocycles. The van der Waals surface area contributed by atoms with Crippen LogP contribution in [0.4, 0.5) is 0 Å². The van der Waals surface area contributed by atoms with E-state index in [4.69, 9.17) is 4.42 Å². The molecular formula is C14H18N2O3. The van der Waals surface area contributed by atoms with Crippen molar-refractivity contribution < 1.29 is 14.0 Å². The molecule has 3 heterocycles. The van der Waals surface area contributed by atoms with Gasteiger partial charge in [0.25, 0.3) is 5.91 Å². The Hall–Kier alpha value is -1.78. The molecule has 1 aromatic heterocycles. The summed E-state index contributed by atoms with van der Waals surface area (Å²) >= 11 is 0. The Morgan fingerprint density at radius 1 is 1.42 bits per heavy atom. The van der Waals surface area contributed by atoms with Crippen molar-refractivity contribution in [2.24, 2.45) is 0 Å². The second-order valence-electron chi connectivity index (χ2n) is 5.52. The van der Waals surface area contributed by atoms with Gasteiger partial charge >= 0.3 is 0 Å². The molecule has 5 nitrogen and oxygen atoms in total. The van der Waals surface area contributed by atoms with Crippen molar-refractivity contribution in [3.05, 3.63) is 24.2 Å². The number of amides is 2. The van der Waals surface area contributed by atoms with Crippen molar-refractivity contribution >= 4 is 11.8 Å². The molecular weight excluding hydrogens is 244 g/mol.